The van der Waals surface area contributed by atoms with Gasteiger partial charge in [0.05, 0.1) is 0 Å². The lowest BCUT2D eigenvalue weighted by Crippen LogP contribution is -2.48. The second kappa shape index (κ2) is 6.58. The molecular weight excluding hydrogens is 288 g/mol. The Hall–Kier alpha value is -1.39. The molecule has 1 fully saturated rings. The summed E-state index contributed by atoms with van der Waals surface area (Å²) in [4.78, 5) is 24.1. The maximum Gasteiger partial charge on any atom is 0.227 e. The van der Waals surface area contributed by atoms with Gasteiger partial charge in [-0.15, -0.1) is 12.4 Å². The molecule has 0 bridgehead atoms. The van der Waals surface area contributed by atoms with Gasteiger partial charge < -0.3 is 10.6 Å². The second-order valence-corrected chi connectivity index (χ2v) is 5.84. The third-order valence-corrected chi connectivity index (χ3v) is 4.46. The molecule has 0 saturated carbocycles. The first-order valence-electron chi connectivity index (χ1n) is 7.33. The average molecular weight is 309 g/mol. The number of carbonyl (C=O) groups excluding carboxylic acids is 2. The molecule has 5 heteroatoms. The second-order valence-electron chi connectivity index (χ2n) is 5.84. The first-order chi connectivity index (χ1) is 9.65. The number of nitrogens with one attached hydrogen (secondary N) is 2. The highest BCUT2D eigenvalue weighted by molar-refractivity contribution is 6.00. The zero-order valence-corrected chi connectivity index (χ0v) is 13.0. The lowest BCUT2D eigenvalue weighted by Gasteiger charge is -2.31. The van der Waals surface area contributed by atoms with Crippen molar-refractivity contribution in [3.05, 3.63) is 29.3 Å². The number of fused-ring (bicyclic) bond motifs is 1. The van der Waals surface area contributed by atoms with Crippen LogP contribution in [0.4, 0.5) is 5.69 Å². The van der Waals surface area contributed by atoms with Crippen LogP contribution in [0.1, 0.15) is 35.7 Å². The summed E-state index contributed by atoms with van der Waals surface area (Å²) in [5, 5.41) is 6.13. The smallest absolute Gasteiger partial charge is 0.227 e. The molecule has 1 amide bonds. The van der Waals surface area contributed by atoms with Crippen molar-refractivity contribution in [1.82, 2.24) is 5.32 Å². The zero-order valence-electron chi connectivity index (χ0n) is 12.1. The summed E-state index contributed by atoms with van der Waals surface area (Å²) in [6.45, 7) is 3.79. The van der Waals surface area contributed by atoms with Crippen LogP contribution in [0.3, 0.4) is 0 Å². The molecule has 4 nitrogen and oxygen atoms in total. The summed E-state index contributed by atoms with van der Waals surface area (Å²) in [6.07, 6.45) is 2.51. The summed E-state index contributed by atoms with van der Waals surface area (Å²) in [5.74, 6) is 0.663. The Bertz CT molecular complexity index is 555. The van der Waals surface area contributed by atoms with Crippen molar-refractivity contribution >= 4 is 29.8 Å². The molecular formula is C16H21ClN2O2. The maximum atomic E-state index is 12.2. The van der Waals surface area contributed by atoms with E-state index in [9.17, 15) is 9.59 Å². The van der Waals surface area contributed by atoms with Crippen molar-refractivity contribution in [2.24, 2.45) is 11.8 Å². The van der Waals surface area contributed by atoms with Gasteiger partial charge in [-0.3, -0.25) is 9.59 Å². The molecule has 1 aromatic rings. The summed E-state index contributed by atoms with van der Waals surface area (Å²) in [5.41, 5.74) is 2.63. The Morgan fingerprint density at radius 3 is 2.76 bits per heavy atom. The van der Waals surface area contributed by atoms with E-state index in [1.165, 1.54) is 0 Å². The molecule has 1 saturated heterocycles. The molecule has 2 N–H and O–H groups in total. The van der Waals surface area contributed by atoms with Gasteiger partial charge in [0.2, 0.25) is 5.91 Å². The number of halogens is 1. The molecule has 2 aliphatic rings. The molecule has 1 aliphatic carbocycles. The fourth-order valence-electron chi connectivity index (χ4n) is 2.84. The van der Waals surface area contributed by atoms with E-state index in [-0.39, 0.29) is 30.0 Å². The minimum atomic E-state index is 0. The van der Waals surface area contributed by atoms with Gasteiger partial charge in [0.1, 0.15) is 0 Å². The van der Waals surface area contributed by atoms with Gasteiger partial charge in [-0.25, -0.2) is 0 Å². The van der Waals surface area contributed by atoms with Gasteiger partial charge >= 0.3 is 0 Å². The number of aryl methyl sites for hydroxylation is 1. The molecule has 3 rings (SSSR count). The van der Waals surface area contributed by atoms with E-state index in [4.69, 9.17) is 0 Å². The van der Waals surface area contributed by atoms with Gasteiger partial charge in [-0.05, 0) is 49.5 Å². The van der Waals surface area contributed by atoms with Crippen LogP contribution in [-0.2, 0) is 11.2 Å². The van der Waals surface area contributed by atoms with E-state index in [2.05, 4.69) is 10.6 Å². The third kappa shape index (κ3) is 3.27. The van der Waals surface area contributed by atoms with Crippen LogP contribution in [0, 0.1) is 11.8 Å². The summed E-state index contributed by atoms with van der Waals surface area (Å²) < 4.78 is 0. The van der Waals surface area contributed by atoms with E-state index in [1.54, 1.807) is 0 Å². The molecule has 1 aromatic carbocycles. The Balaban J connectivity index is 0.00000161. The minimum absolute atomic E-state index is 0. The van der Waals surface area contributed by atoms with Crippen molar-refractivity contribution in [2.45, 2.75) is 26.2 Å². The monoisotopic (exact) mass is 308 g/mol. The molecule has 1 heterocycles. The van der Waals surface area contributed by atoms with Gasteiger partial charge in [0, 0.05) is 23.6 Å². The van der Waals surface area contributed by atoms with Crippen molar-refractivity contribution in [3.8, 4) is 0 Å². The predicted octanol–water partition coefficient (Wildman–Crippen LogP) is 2.42. The fourth-order valence-corrected chi connectivity index (χ4v) is 2.84. The molecule has 1 aliphatic heterocycles. The van der Waals surface area contributed by atoms with E-state index >= 15 is 0 Å². The molecule has 21 heavy (non-hydrogen) atoms. The Morgan fingerprint density at radius 2 is 2.10 bits per heavy atom. The van der Waals surface area contributed by atoms with Gasteiger partial charge in [-0.1, -0.05) is 13.0 Å². The molecule has 0 radical (unpaired) electrons. The first-order valence-corrected chi connectivity index (χ1v) is 7.33. The van der Waals surface area contributed by atoms with Crippen LogP contribution >= 0.6 is 12.4 Å². The number of rotatable bonds is 3. The number of carbonyl (C=O) groups is 2. The number of amides is 1. The maximum absolute atomic E-state index is 12.2. The predicted molar refractivity (Wildman–Crippen MR) is 85.1 cm³/mol. The highest BCUT2D eigenvalue weighted by Crippen LogP contribution is 2.25. The zero-order chi connectivity index (χ0) is 14.1. The number of hydrogen-bond donors (Lipinski definition) is 2. The van der Waals surface area contributed by atoms with Crippen LogP contribution in [-0.4, -0.2) is 24.8 Å². The van der Waals surface area contributed by atoms with E-state index in [0.717, 1.165) is 42.7 Å². The highest BCUT2D eigenvalue weighted by Gasteiger charge is 2.28. The van der Waals surface area contributed by atoms with Crippen LogP contribution in [0.25, 0.3) is 0 Å². The highest BCUT2D eigenvalue weighted by atomic mass is 35.5. The third-order valence-electron chi connectivity index (χ3n) is 4.46. The molecule has 0 spiro atoms. The Labute approximate surface area is 131 Å². The Kier molecular flexibility index (Phi) is 5.01. The van der Waals surface area contributed by atoms with Crippen LogP contribution in [0.15, 0.2) is 18.2 Å². The topological polar surface area (TPSA) is 58.2 Å². The standard InChI is InChI=1S/C16H20N2O2.ClH/c1-10(12-8-17-9-12)16(20)18-13-6-5-11-3-2-4-15(19)14(11)7-13;/h5-7,10,12,17H,2-4,8-9H2,1H3,(H,18,20);1H. The normalized spacial score (nSPS) is 19.0. The SMILES string of the molecule is CC(C(=O)Nc1ccc2c(c1)C(=O)CCC2)C1CNC1.Cl. The van der Waals surface area contributed by atoms with Crippen molar-refractivity contribution in [3.63, 3.8) is 0 Å². The van der Waals surface area contributed by atoms with E-state index in [0.29, 0.717) is 12.3 Å². The van der Waals surface area contributed by atoms with Gasteiger partial charge in [0.25, 0.3) is 0 Å². The van der Waals surface area contributed by atoms with Gasteiger partial charge in [-0.2, -0.15) is 0 Å². The molecule has 1 atom stereocenters. The van der Waals surface area contributed by atoms with Crippen LogP contribution in [0.5, 0.6) is 0 Å². The van der Waals surface area contributed by atoms with Crippen molar-refractivity contribution in [1.29, 1.82) is 0 Å². The quantitative estimate of drug-likeness (QED) is 0.901. The fraction of sp³-hybridized carbons (Fsp3) is 0.500. The minimum Gasteiger partial charge on any atom is -0.326 e. The van der Waals surface area contributed by atoms with Crippen molar-refractivity contribution in [2.75, 3.05) is 18.4 Å². The van der Waals surface area contributed by atoms with Gasteiger partial charge in [0.15, 0.2) is 5.78 Å². The summed E-state index contributed by atoms with van der Waals surface area (Å²) in [7, 11) is 0. The first kappa shape index (κ1) is 16.0. The largest absolute Gasteiger partial charge is 0.326 e. The molecule has 0 aromatic heterocycles. The van der Waals surface area contributed by atoms with Crippen LogP contribution in [0.2, 0.25) is 0 Å². The van der Waals surface area contributed by atoms with Crippen LogP contribution < -0.4 is 10.6 Å². The molecule has 1 unspecified atom stereocenters. The number of ketones is 1. The Morgan fingerprint density at radius 1 is 1.33 bits per heavy atom. The van der Waals surface area contributed by atoms with E-state index < -0.39 is 0 Å². The lowest BCUT2D eigenvalue weighted by atomic mass is 9.88. The number of benzene rings is 1. The number of anilines is 1. The average Bonchev–Trinajstić information content (AvgIpc) is 2.37. The molecule has 114 valence electrons. The number of hydrogen-bond acceptors (Lipinski definition) is 3. The van der Waals surface area contributed by atoms with E-state index in [1.807, 2.05) is 25.1 Å². The lowest BCUT2D eigenvalue weighted by molar-refractivity contribution is -0.121. The summed E-state index contributed by atoms with van der Waals surface area (Å²) in [6, 6.07) is 5.71. The number of Topliss-reactive ketones (excluding diaryl/α,β-unsaturated/α-hetero) is 1. The van der Waals surface area contributed by atoms with Crippen molar-refractivity contribution < 1.29 is 9.59 Å². The summed E-state index contributed by atoms with van der Waals surface area (Å²) >= 11 is 0.